The van der Waals surface area contributed by atoms with Crippen molar-refractivity contribution in [3.05, 3.63) is 81.8 Å². The molecule has 0 fully saturated rings. The van der Waals surface area contributed by atoms with Crippen LogP contribution in [0.5, 0.6) is 0 Å². The number of nitrogens with one attached hydrogen (secondary N) is 1. The average Bonchev–Trinajstić information content (AvgIpc) is 3.23. The molecule has 1 unspecified atom stereocenters. The lowest BCUT2D eigenvalue weighted by molar-refractivity contribution is -0.118. The smallest absolute Gasteiger partial charge is 0.323 e. The number of rotatable bonds is 5. The molecule has 4 aromatic rings. The zero-order chi connectivity index (χ0) is 22.1. The van der Waals surface area contributed by atoms with E-state index in [0.29, 0.717) is 5.69 Å². The van der Waals surface area contributed by atoms with Crippen molar-refractivity contribution in [2.24, 2.45) is 14.1 Å². The number of carbonyl (C=O) groups excluding carboxylic acids is 1. The van der Waals surface area contributed by atoms with Crippen molar-refractivity contribution in [3.8, 4) is 0 Å². The van der Waals surface area contributed by atoms with Gasteiger partial charge in [-0.25, -0.2) is 9.78 Å². The maximum atomic E-state index is 13.1. The highest BCUT2D eigenvalue weighted by atomic mass is 32.2. The summed E-state index contributed by atoms with van der Waals surface area (Å²) in [6.07, 6.45) is 1.42. The van der Waals surface area contributed by atoms with Crippen molar-refractivity contribution >= 4 is 34.5 Å². The number of anilines is 1. The van der Waals surface area contributed by atoms with Crippen LogP contribution in [0.3, 0.4) is 0 Å². The standard InChI is InChI=1S/C22H21N5O3S/c1-14(27-13-23-19-18(27)21(29)26(3)22(30)25(19)2)20(28)24-16-11-7-8-12-17(16)31-15-9-5-4-6-10-15/h4-14H,1-3H3,(H,24,28). The Bertz CT molecular complexity index is 1390. The van der Waals surface area contributed by atoms with E-state index in [-0.39, 0.29) is 17.1 Å². The molecule has 0 aliphatic carbocycles. The molecule has 1 atom stereocenters. The number of nitrogens with zero attached hydrogens (tertiary/aromatic N) is 4. The van der Waals surface area contributed by atoms with Gasteiger partial charge in [-0.2, -0.15) is 0 Å². The first-order valence-electron chi connectivity index (χ1n) is 9.64. The van der Waals surface area contributed by atoms with Gasteiger partial charge < -0.3 is 9.88 Å². The lowest BCUT2D eigenvalue weighted by Gasteiger charge is -2.16. The van der Waals surface area contributed by atoms with Crippen molar-refractivity contribution < 1.29 is 4.79 Å². The molecule has 0 saturated heterocycles. The first-order valence-corrected chi connectivity index (χ1v) is 10.5. The predicted octanol–water partition coefficient (Wildman–Crippen LogP) is 2.78. The highest BCUT2D eigenvalue weighted by Crippen LogP contribution is 2.33. The van der Waals surface area contributed by atoms with Gasteiger partial charge in [-0.05, 0) is 31.2 Å². The minimum absolute atomic E-state index is 0.208. The minimum atomic E-state index is -0.718. The Morgan fingerprint density at radius 2 is 1.68 bits per heavy atom. The largest absolute Gasteiger partial charge is 0.332 e. The summed E-state index contributed by atoms with van der Waals surface area (Å²) in [5.74, 6) is -0.295. The molecule has 0 saturated carbocycles. The van der Waals surface area contributed by atoms with Gasteiger partial charge in [0.25, 0.3) is 5.56 Å². The molecule has 1 N–H and O–H groups in total. The molecule has 9 heteroatoms. The predicted molar refractivity (Wildman–Crippen MR) is 121 cm³/mol. The first-order chi connectivity index (χ1) is 14.9. The molecule has 1 amide bonds. The van der Waals surface area contributed by atoms with Crippen LogP contribution in [0.15, 0.2) is 80.3 Å². The van der Waals surface area contributed by atoms with Crippen LogP contribution in [0.1, 0.15) is 13.0 Å². The fourth-order valence-corrected chi connectivity index (χ4v) is 4.22. The molecular weight excluding hydrogens is 414 g/mol. The molecule has 0 aliphatic heterocycles. The maximum absolute atomic E-state index is 13.1. The Balaban J connectivity index is 1.65. The van der Waals surface area contributed by atoms with Crippen molar-refractivity contribution in [2.45, 2.75) is 22.8 Å². The fraction of sp³-hybridized carbons (Fsp3) is 0.182. The highest BCUT2D eigenvalue weighted by Gasteiger charge is 2.22. The van der Waals surface area contributed by atoms with Gasteiger partial charge >= 0.3 is 5.69 Å². The Labute approximate surface area is 182 Å². The SMILES string of the molecule is CC(C(=O)Nc1ccccc1Sc1ccccc1)n1cnc2c1c(=O)n(C)c(=O)n2C. The summed E-state index contributed by atoms with van der Waals surface area (Å²) < 4.78 is 3.81. The van der Waals surface area contributed by atoms with Gasteiger partial charge in [0.2, 0.25) is 5.91 Å². The zero-order valence-corrected chi connectivity index (χ0v) is 18.1. The summed E-state index contributed by atoms with van der Waals surface area (Å²) in [6, 6.07) is 16.7. The van der Waals surface area contributed by atoms with Crippen LogP contribution < -0.4 is 16.6 Å². The summed E-state index contributed by atoms with van der Waals surface area (Å²) >= 11 is 1.55. The second-order valence-electron chi connectivity index (χ2n) is 7.11. The number of carbonyl (C=O) groups is 1. The van der Waals surface area contributed by atoms with E-state index in [9.17, 15) is 14.4 Å². The van der Waals surface area contributed by atoms with E-state index in [0.717, 1.165) is 14.4 Å². The van der Waals surface area contributed by atoms with Crippen LogP contribution in [0, 0.1) is 0 Å². The Hall–Kier alpha value is -3.59. The van der Waals surface area contributed by atoms with E-state index in [1.807, 2.05) is 54.6 Å². The summed E-state index contributed by atoms with van der Waals surface area (Å²) in [5.41, 5.74) is 0.173. The van der Waals surface area contributed by atoms with Gasteiger partial charge in [0.15, 0.2) is 11.2 Å². The molecule has 2 heterocycles. The third kappa shape index (κ3) is 3.79. The van der Waals surface area contributed by atoms with E-state index in [1.165, 1.54) is 22.5 Å². The second kappa shape index (κ2) is 8.27. The van der Waals surface area contributed by atoms with Gasteiger partial charge in [-0.1, -0.05) is 42.1 Å². The minimum Gasteiger partial charge on any atom is -0.323 e. The molecule has 0 aliphatic rings. The van der Waals surface area contributed by atoms with Crippen molar-refractivity contribution in [3.63, 3.8) is 0 Å². The van der Waals surface area contributed by atoms with Crippen LogP contribution in [-0.2, 0) is 18.9 Å². The first kappa shape index (κ1) is 20.7. The van der Waals surface area contributed by atoms with Crippen molar-refractivity contribution in [1.29, 1.82) is 0 Å². The van der Waals surface area contributed by atoms with Crippen LogP contribution in [-0.4, -0.2) is 24.6 Å². The molecule has 0 bridgehead atoms. The van der Waals surface area contributed by atoms with E-state index >= 15 is 0 Å². The van der Waals surface area contributed by atoms with Gasteiger partial charge in [0, 0.05) is 23.9 Å². The summed E-state index contributed by atoms with van der Waals surface area (Å²) in [7, 11) is 2.95. The summed E-state index contributed by atoms with van der Waals surface area (Å²) in [4.78, 5) is 44.0. The number of imidazole rings is 1. The van der Waals surface area contributed by atoms with E-state index in [2.05, 4.69) is 10.3 Å². The molecule has 8 nitrogen and oxygen atoms in total. The van der Waals surface area contributed by atoms with Crippen LogP contribution in [0.2, 0.25) is 0 Å². The van der Waals surface area contributed by atoms with E-state index < -0.39 is 17.3 Å². The van der Waals surface area contributed by atoms with E-state index in [1.54, 1.807) is 25.7 Å². The molecule has 2 aromatic heterocycles. The van der Waals surface area contributed by atoms with Gasteiger partial charge in [-0.15, -0.1) is 0 Å². The number of aryl methyl sites for hydroxylation is 1. The van der Waals surface area contributed by atoms with E-state index in [4.69, 9.17) is 0 Å². The Morgan fingerprint density at radius 1 is 1.00 bits per heavy atom. The third-order valence-corrected chi connectivity index (χ3v) is 6.17. The van der Waals surface area contributed by atoms with Gasteiger partial charge in [-0.3, -0.25) is 18.7 Å². The average molecular weight is 436 g/mol. The number of hydrogen-bond donors (Lipinski definition) is 1. The number of aromatic nitrogens is 4. The Kier molecular flexibility index (Phi) is 5.51. The summed E-state index contributed by atoms with van der Waals surface area (Å²) in [5, 5.41) is 2.96. The number of benzene rings is 2. The quantitative estimate of drug-likeness (QED) is 0.521. The normalized spacial score (nSPS) is 12.1. The van der Waals surface area contributed by atoms with Crippen molar-refractivity contribution in [1.82, 2.24) is 18.7 Å². The van der Waals surface area contributed by atoms with Gasteiger partial charge in [0.1, 0.15) is 6.04 Å². The molecule has 2 aromatic carbocycles. The fourth-order valence-electron chi connectivity index (χ4n) is 3.30. The number of amides is 1. The third-order valence-electron chi connectivity index (χ3n) is 5.09. The topological polar surface area (TPSA) is 90.9 Å². The monoisotopic (exact) mass is 435 g/mol. The van der Waals surface area contributed by atoms with Crippen LogP contribution in [0.25, 0.3) is 11.2 Å². The van der Waals surface area contributed by atoms with Crippen LogP contribution >= 0.6 is 11.8 Å². The summed E-state index contributed by atoms with van der Waals surface area (Å²) in [6.45, 7) is 1.69. The lowest BCUT2D eigenvalue weighted by Crippen LogP contribution is -2.38. The number of fused-ring (bicyclic) bond motifs is 1. The zero-order valence-electron chi connectivity index (χ0n) is 17.3. The van der Waals surface area contributed by atoms with Gasteiger partial charge in [0.05, 0.1) is 12.0 Å². The maximum Gasteiger partial charge on any atom is 0.332 e. The molecule has 0 radical (unpaired) electrons. The van der Waals surface area contributed by atoms with Crippen molar-refractivity contribution in [2.75, 3.05) is 5.32 Å². The lowest BCUT2D eigenvalue weighted by atomic mass is 10.2. The molecule has 0 spiro atoms. The Morgan fingerprint density at radius 3 is 2.42 bits per heavy atom. The van der Waals surface area contributed by atoms with Crippen LogP contribution in [0.4, 0.5) is 5.69 Å². The number of hydrogen-bond acceptors (Lipinski definition) is 5. The molecule has 31 heavy (non-hydrogen) atoms. The molecular formula is C22H21N5O3S. The second-order valence-corrected chi connectivity index (χ2v) is 8.22. The molecule has 158 valence electrons. The number of para-hydroxylation sites is 1. The molecule has 4 rings (SSSR count). The highest BCUT2D eigenvalue weighted by molar-refractivity contribution is 7.99.